The molecule has 0 saturated heterocycles. The third kappa shape index (κ3) is 4.10. The first-order valence-electron chi connectivity index (χ1n) is 7.72. The van der Waals surface area contributed by atoms with Crippen molar-refractivity contribution in [3.63, 3.8) is 0 Å². The number of nitrogens with zero attached hydrogens (tertiary/aromatic N) is 1. The number of amides is 1. The zero-order valence-corrected chi connectivity index (χ0v) is 12.6. The average molecular weight is 278 g/mol. The van der Waals surface area contributed by atoms with E-state index in [-0.39, 0.29) is 5.91 Å². The van der Waals surface area contributed by atoms with E-state index in [1.165, 1.54) is 12.8 Å². The minimum atomic E-state index is 0.230. The van der Waals surface area contributed by atoms with Gasteiger partial charge in [0.25, 0.3) is 0 Å². The van der Waals surface area contributed by atoms with E-state index >= 15 is 0 Å². The third-order valence-corrected chi connectivity index (χ3v) is 4.30. The summed E-state index contributed by atoms with van der Waals surface area (Å²) < 4.78 is 5.27. The van der Waals surface area contributed by atoms with Crippen LogP contribution < -0.4 is 5.32 Å². The molecular weight excluding hydrogens is 252 g/mol. The van der Waals surface area contributed by atoms with Crippen LogP contribution in [0.2, 0.25) is 0 Å². The summed E-state index contributed by atoms with van der Waals surface area (Å²) in [7, 11) is 1.95. The van der Waals surface area contributed by atoms with Gasteiger partial charge in [-0.05, 0) is 44.4 Å². The molecule has 0 spiro atoms. The molecule has 112 valence electrons. The Labute approximate surface area is 121 Å². The monoisotopic (exact) mass is 278 g/mol. The van der Waals surface area contributed by atoms with Crippen LogP contribution in [-0.2, 0) is 11.2 Å². The molecule has 1 aromatic heterocycles. The fraction of sp³-hybridized carbons (Fsp3) is 0.688. The highest BCUT2D eigenvalue weighted by molar-refractivity contribution is 5.76. The molecule has 1 amide bonds. The Kier molecular flexibility index (Phi) is 5.65. The topological polar surface area (TPSA) is 45.5 Å². The molecule has 1 aromatic rings. The van der Waals surface area contributed by atoms with Gasteiger partial charge >= 0.3 is 0 Å². The molecule has 1 aliphatic rings. The summed E-state index contributed by atoms with van der Waals surface area (Å²) in [5.41, 5.74) is 0. The number of hydrogen-bond donors (Lipinski definition) is 1. The smallest absolute Gasteiger partial charge is 0.223 e. The number of carbonyl (C=O) groups excluding carboxylic acids is 1. The summed E-state index contributed by atoms with van der Waals surface area (Å²) in [6.45, 7) is 3.18. The molecule has 0 bridgehead atoms. The molecule has 0 aliphatic heterocycles. The van der Waals surface area contributed by atoms with Gasteiger partial charge in [0.2, 0.25) is 5.91 Å². The van der Waals surface area contributed by atoms with Crippen LogP contribution in [0.5, 0.6) is 0 Å². The lowest BCUT2D eigenvalue weighted by Gasteiger charge is -2.35. The van der Waals surface area contributed by atoms with E-state index in [0.29, 0.717) is 24.9 Å². The molecule has 0 aromatic carbocycles. The molecule has 1 fully saturated rings. The first kappa shape index (κ1) is 15.1. The molecule has 0 atom stereocenters. The number of aryl methyl sites for hydroxylation is 1. The summed E-state index contributed by atoms with van der Waals surface area (Å²) >= 11 is 0. The summed E-state index contributed by atoms with van der Waals surface area (Å²) in [5, 5.41) is 3.50. The van der Waals surface area contributed by atoms with Crippen molar-refractivity contribution in [1.82, 2.24) is 10.2 Å². The zero-order chi connectivity index (χ0) is 14.4. The normalized spacial score (nSPS) is 22.7. The maximum Gasteiger partial charge on any atom is 0.223 e. The number of furan rings is 1. The Morgan fingerprint density at radius 3 is 2.75 bits per heavy atom. The van der Waals surface area contributed by atoms with Crippen LogP contribution in [0.25, 0.3) is 0 Å². The number of rotatable bonds is 6. The fourth-order valence-electron chi connectivity index (χ4n) is 3.02. The lowest BCUT2D eigenvalue weighted by atomic mass is 9.90. The Hall–Kier alpha value is -1.29. The van der Waals surface area contributed by atoms with Crippen LogP contribution >= 0.6 is 0 Å². The Bertz CT molecular complexity index is 395. The Morgan fingerprint density at radius 1 is 1.40 bits per heavy atom. The van der Waals surface area contributed by atoms with Gasteiger partial charge in [-0.25, -0.2) is 0 Å². The summed E-state index contributed by atoms with van der Waals surface area (Å²) in [6, 6.07) is 4.84. The van der Waals surface area contributed by atoms with E-state index in [4.69, 9.17) is 4.42 Å². The number of carbonyl (C=O) groups is 1. The molecular formula is C16H26N2O2. The van der Waals surface area contributed by atoms with Crippen molar-refractivity contribution in [2.24, 2.45) is 0 Å². The van der Waals surface area contributed by atoms with Gasteiger partial charge in [0.15, 0.2) is 0 Å². The SMILES string of the molecule is CCNC1CCC(N(C)C(=O)CCc2ccco2)CC1. The average Bonchev–Trinajstić information content (AvgIpc) is 2.98. The highest BCUT2D eigenvalue weighted by atomic mass is 16.3. The van der Waals surface area contributed by atoms with Gasteiger partial charge in [0, 0.05) is 32.0 Å². The van der Waals surface area contributed by atoms with Crippen molar-refractivity contribution in [1.29, 1.82) is 0 Å². The molecule has 2 rings (SSSR count). The molecule has 1 heterocycles. The quantitative estimate of drug-likeness (QED) is 0.870. The minimum Gasteiger partial charge on any atom is -0.469 e. The van der Waals surface area contributed by atoms with Crippen LogP contribution in [0.4, 0.5) is 0 Å². The van der Waals surface area contributed by atoms with Gasteiger partial charge < -0.3 is 14.6 Å². The Balaban J connectivity index is 1.73. The van der Waals surface area contributed by atoms with Gasteiger partial charge in [-0.2, -0.15) is 0 Å². The minimum absolute atomic E-state index is 0.230. The predicted molar refractivity (Wildman–Crippen MR) is 79.5 cm³/mol. The van der Waals surface area contributed by atoms with Crippen LogP contribution in [0.1, 0.15) is 44.8 Å². The third-order valence-electron chi connectivity index (χ3n) is 4.30. The largest absolute Gasteiger partial charge is 0.469 e. The summed E-state index contributed by atoms with van der Waals surface area (Å²) in [4.78, 5) is 14.2. The van der Waals surface area contributed by atoms with Crippen LogP contribution in [0.3, 0.4) is 0 Å². The van der Waals surface area contributed by atoms with Crippen molar-refractivity contribution < 1.29 is 9.21 Å². The molecule has 1 N–H and O–H groups in total. The predicted octanol–water partition coefficient (Wildman–Crippen LogP) is 2.59. The standard InChI is InChI=1S/C16H26N2O2/c1-3-17-13-6-8-14(9-7-13)18(2)16(19)11-10-15-5-4-12-20-15/h4-5,12-14,17H,3,6-11H2,1-2H3. The number of nitrogens with one attached hydrogen (secondary N) is 1. The molecule has 4 nitrogen and oxygen atoms in total. The van der Waals surface area contributed by atoms with Crippen LogP contribution in [0.15, 0.2) is 22.8 Å². The maximum atomic E-state index is 12.2. The van der Waals surface area contributed by atoms with Crippen molar-refractivity contribution in [2.45, 2.75) is 57.5 Å². The first-order valence-corrected chi connectivity index (χ1v) is 7.72. The molecule has 20 heavy (non-hydrogen) atoms. The molecule has 4 heteroatoms. The lowest BCUT2D eigenvalue weighted by molar-refractivity contribution is -0.132. The summed E-state index contributed by atoms with van der Waals surface area (Å²) in [6.07, 6.45) is 7.47. The summed E-state index contributed by atoms with van der Waals surface area (Å²) in [5.74, 6) is 1.12. The molecule has 0 radical (unpaired) electrons. The van der Waals surface area contributed by atoms with Crippen LogP contribution in [0, 0.1) is 0 Å². The molecule has 1 saturated carbocycles. The van der Waals surface area contributed by atoms with Crippen molar-refractivity contribution in [2.75, 3.05) is 13.6 Å². The lowest BCUT2D eigenvalue weighted by Crippen LogP contribution is -2.43. The maximum absolute atomic E-state index is 12.2. The van der Waals surface area contributed by atoms with Crippen LogP contribution in [-0.4, -0.2) is 36.5 Å². The van der Waals surface area contributed by atoms with E-state index in [2.05, 4.69) is 12.2 Å². The van der Waals surface area contributed by atoms with Crippen molar-refractivity contribution in [3.8, 4) is 0 Å². The first-order chi connectivity index (χ1) is 9.70. The number of hydrogen-bond acceptors (Lipinski definition) is 3. The van der Waals surface area contributed by atoms with E-state index < -0.39 is 0 Å². The van der Waals surface area contributed by atoms with Crippen molar-refractivity contribution in [3.05, 3.63) is 24.2 Å². The second-order valence-corrected chi connectivity index (χ2v) is 5.65. The Morgan fingerprint density at radius 2 is 2.15 bits per heavy atom. The van der Waals surface area contributed by atoms with Crippen molar-refractivity contribution >= 4 is 5.91 Å². The van der Waals surface area contributed by atoms with E-state index in [1.807, 2.05) is 24.1 Å². The van der Waals surface area contributed by atoms with E-state index in [1.54, 1.807) is 6.26 Å². The van der Waals surface area contributed by atoms with Gasteiger partial charge in [-0.1, -0.05) is 6.92 Å². The van der Waals surface area contributed by atoms with E-state index in [9.17, 15) is 4.79 Å². The van der Waals surface area contributed by atoms with Gasteiger partial charge in [0.1, 0.15) is 5.76 Å². The highest BCUT2D eigenvalue weighted by Crippen LogP contribution is 2.23. The highest BCUT2D eigenvalue weighted by Gasteiger charge is 2.25. The second kappa shape index (κ2) is 7.48. The van der Waals surface area contributed by atoms with Gasteiger partial charge in [0.05, 0.1) is 6.26 Å². The molecule has 1 aliphatic carbocycles. The second-order valence-electron chi connectivity index (χ2n) is 5.65. The fourth-order valence-corrected chi connectivity index (χ4v) is 3.02. The van der Waals surface area contributed by atoms with E-state index in [0.717, 1.165) is 25.1 Å². The zero-order valence-electron chi connectivity index (χ0n) is 12.6. The van der Waals surface area contributed by atoms with Gasteiger partial charge in [-0.3, -0.25) is 4.79 Å². The molecule has 0 unspecified atom stereocenters. The van der Waals surface area contributed by atoms with Gasteiger partial charge in [-0.15, -0.1) is 0 Å².